The van der Waals surface area contributed by atoms with Gasteiger partial charge in [0.05, 0.1) is 11.4 Å². The Bertz CT molecular complexity index is 579. The van der Waals surface area contributed by atoms with Gasteiger partial charge in [-0.1, -0.05) is 15.9 Å². The van der Waals surface area contributed by atoms with Crippen LogP contribution in [0.25, 0.3) is 0 Å². The summed E-state index contributed by atoms with van der Waals surface area (Å²) in [7, 11) is 0. The van der Waals surface area contributed by atoms with E-state index in [9.17, 15) is 13.2 Å². The van der Waals surface area contributed by atoms with Gasteiger partial charge in [-0.2, -0.15) is 0 Å². The molecular formula is C12H8BrF3N2. The van der Waals surface area contributed by atoms with E-state index >= 15 is 0 Å². The summed E-state index contributed by atoms with van der Waals surface area (Å²) in [5.41, 5.74) is 5.87. The number of anilines is 3. The van der Waals surface area contributed by atoms with E-state index in [0.717, 1.165) is 0 Å². The highest BCUT2D eigenvalue weighted by molar-refractivity contribution is 9.10. The molecule has 3 N–H and O–H groups in total. The summed E-state index contributed by atoms with van der Waals surface area (Å²) in [6.07, 6.45) is 0. The lowest BCUT2D eigenvalue weighted by molar-refractivity contribution is 0.549. The number of hydrogen-bond acceptors (Lipinski definition) is 2. The number of rotatable bonds is 2. The quantitative estimate of drug-likeness (QED) is 0.815. The molecule has 0 heterocycles. The zero-order valence-corrected chi connectivity index (χ0v) is 10.6. The zero-order chi connectivity index (χ0) is 13.3. The Hall–Kier alpha value is -1.69. The molecule has 2 aromatic carbocycles. The van der Waals surface area contributed by atoms with Crippen LogP contribution in [-0.2, 0) is 0 Å². The number of hydrogen-bond donors (Lipinski definition) is 2. The van der Waals surface area contributed by atoms with Gasteiger partial charge >= 0.3 is 0 Å². The number of nitrogen functional groups attached to an aromatic ring is 1. The lowest BCUT2D eigenvalue weighted by atomic mass is 10.2. The molecule has 0 aliphatic rings. The molecule has 2 nitrogen and oxygen atoms in total. The maximum atomic E-state index is 13.4. The average molecular weight is 317 g/mol. The van der Waals surface area contributed by atoms with Crippen molar-refractivity contribution in [3.8, 4) is 0 Å². The van der Waals surface area contributed by atoms with Crippen LogP contribution in [0.15, 0.2) is 34.8 Å². The molecule has 0 aliphatic carbocycles. The normalized spacial score (nSPS) is 10.4. The Morgan fingerprint density at radius 1 is 1.00 bits per heavy atom. The van der Waals surface area contributed by atoms with Gasteiger partial charge in [0.2, 0.25) is 0 Å². The molecule has 0 aliphatic heterocycles. The van der Waals surface area contributed by atoms with E-state index in [-0.39, 0.29) is 0 Å². The summed E-state index contributed by atoms with van der Waals surface area (Å²) in [5, 5.41) is 2.51. The molecule has 94 valence electrons. The Morgan fingerprint density at radius 2 is 1.61 bits per heavy atom. The highest BCUT2D eigenvalue weighted by atomic mass is 79.9. The van der Waals surface area contributed by atoms with Gasteiger partial charge in [-0.05, 0) is 18.2 Å². The minimum absolute atomic E-state index is 0.321. The number of benzene rings is 2. The number of nitrogens with two attached hydrogens (primary N) is 1. The highest BCUT2D eigenvalue weighted by Crippen LogP contribution is 2.29. The molecule has 0 radical (unpaired) electrons. The Balaban J connectivity index is 2.43. The van der Waals surface area contributed by atoms with E-state index in [4.69, 9.17) is 5.73 Å². The van der Waals surface area contributed by atoms with Crippen LogP contribution < -0.4 is 11.1 Å². The molecule has 6 heteroatoms. The van der Waals surface area contributed by atoms with Crippen LogP contribution in [-0.4, -0.2) is 0 Å². The molecule has 0 spiro atoms. The largest absolute Gasteiger partial charge is 0.397 e. The first-order chi connectivity index (χ1) is 8.47. The van der Waals surface area contributed by atoms with Gasteiger partial charge in [0, 0.05) is 16.6 Å². The van der Waals surface area contributed by atoms with Crippen LogP contribution in [0.3, 0.4) is 0 Å². The van der Waals surface area contributed by atoms with Crippen LogP contribution in [0.5, 0.6) is 0 Å². The first-order valence-corrected chi connectivity index (χ1v) is 5.73. The smallest absolute Gasteiger partial charge is 0.152 e. The fourth-order valence-corrected chi connectivity index (χ4v) is 1.79. The maximum absolute atomic E-state index is 13.4. The molecule has 2 aromatic rings. The second kappa shape index (κ2) is 4.89. The van der Waals surface area contributed by atoms with Crippen LogP contribution in [0, 0.1) is 17.5 Å². The predicted octanol–water partition coefficient (Wildman–Crippen LogP) is 4.19. The summed E-state index contributed by atoms with van der Waals surface area (Å²) in [6.45, 7) is 0. The highest BCUT2D eigenvalue weighted by Gasteiger charge is 2.12. The van der Waals surface area contributed by atoms with Crippen molar-refractivity contribution in [2.75, 3.05) is 11.1 Å². The first-order valence-electron chi connectivity index (χ1n) is 4.94. The van der Waals surface area contributed by atoms with Crippen LogP contribution in [0.2, 0.25) is 0 Å². The fraction of sp³-hybridized carbons (Fsp3) is 0. The number of halogens is 4. The van der Waals surface area contributed by atoms with E-state index in [0.29, 0.717) is 28.0 Å². The lowest BCUT2D eigenvalue weighted by Crippen LogP contribution is -2.01. The molecule has 0 saturated heterocycles. The van der Waals surface area contributed by atoms with Crippen molar-refractivity contribution in [2.45, 2.75) is 0 Å². The standard InChI is InChI=1S/C12H8BrF3N2/c13-6-1-2-10(17)11(3-6)18-12-8(15)4-7(14)5-9(12)16/h1-5,18H,17H2. The van der Waals surface area contributed by atoms with E-state index in [2.05, 4.69) is 21.2 Å². The second-order valence-electron chi connectivity index (χ2n) is 3.60. The van der Waals surface area contributed by atoms with Crippen LogP contribution in [0.1, 0.15) is 0 Å². The molecule has 18 heavy (non-hydrogen) atoms. The van der Waals surface area contributed by atoms with Crippen LogP contribution >= 0.6 is 15.9 Å². The zero-order valence-electron chi connectivity index (χ0n) is 8.98. The maximum Gasteiger partial charge on any atom is 0.152 e. The van der Waals surface area contributed by atoms with E-state index in [1.165, 1.54) is 0 Å². The van der Waals surface area contributed by atoms with Gasteiger partial charge in [-0.3, -0.25) is 0 Å². The molecule has 0 atom stereocenters. The Labute approximate surface area is 110 Å². The lowest BCUT2D eigenvalue weighted by Gasteiger charge is -2.11. The molecule has 0 aromatic heterocycles. The molecular weight excluding hydrogens is 309 g/mol. The SMILES string of the molecule is Nc1ccc(Br)cc1Nc1c(F)cc(F)cc1F. The molecule has 0 bridgehead atoms. The minimum atomic E-state index is -1.02. The predicted molar refractivity (Wildman–Crippen MR) is 68.2 cm³/mol. The molecule has 0 unspecified atom stereocenters. The van der Waals surface area contributed by atoms with Crippen molar-refractivity contribution in [1.29, 1.82) is 0 Å². The van der Waals surface area contributed by atoms with Crippen molar-refractivity contribution in [3.63, 3.8) is 0 Å². The van der Waals surface area contributed by atoms with Crippen molar-refractivity contribution in [3.05, 3.63) is 52.3 Å². The monoisotopic (exact) mass is 316 g/mol. The first kappa shape index (κ1) is 12.8. The summed E-state index contributed by atoms with van der Waals surface area (Å²) in [6, 6.07) is 6.03. The third-order valence-electron chi connectivity index (χ3n) is 2.28. The van der Waals surface area contributed by atoms with Crippen molar-refractivity contribution in [2.24, 2.45) is 0 Å². The van der Waals surface area contributed by atoms with Gasteiger partial charge in [-0.25, -0.2) is 13.2 Å². The topological polar surface area (TPSA) is 38.0 Å². The Morgan fingerprint density at radius 3 is 2.22 bits per heavy atom. The molecule has 0 saturated carbocycles. The number of nitrogens with one attached hydrogen (secondary N) is 1. The minimum Gasteiger partial charge on any atom is -0.397 e. The van der Waals surface area contributed by atoms with Crippen molar-refractivity contribution >= 4 is 33.0 Å². The van der Waals surface area contributed by atoms with Crippen LogP contribution in [0.4, 0.5) is 30.2 Å². The summed E-state index contributed by atoms with van der Waals surface area (Å²) >= 11 is 3.22. The van der Waals surface area contributed by atoms with Gasteiger partial charge in [0.15, 0.2) is 11.6 Å². The molecule has 0 amide bonds. The van der Waals surface area contributed by atoms with Gasteiger partial charge in [0.25, 0.3) is 0 Å². The van der Waals surface area contributed by atoms with Crippen molar-refractivity contribution in [1.82, 2.24) is 0 Å². The van der Waals surface area contributed by atoms with Gasteiger partial charge < -0.3 is 11.1 Å². The second-order valence-corrected chi connectivity index (χ2v) is 4.52. The summed E-state index contributed by atoms with van der Waals surface area (Å²) in [5.74, 6) is -3.02. The molecule has 2 rings (SSSR count). The molecule has 0 fully saturated rings. The average Bonchev–Trinajstić information content (AvgIpc) is 2.28. The Kier molecular flexibility index (Phi) is 3.47. The third-order valence-corrected chi connectivity index (χ3v) is 2.78. The van der Waals surface area contributed by atoms with E-state index in [1.54, 1.807) is 18.2 Å². The summed E-state index contributed by atoms with van der Waals surface area (Å²) < 4.78 is 40.3. The summed E-state index contributed by atoms with van der Waals surface area (Å²) in [4.78, 5) is 0. The van der Waals surface area contributed by atoms with Gasteiger partial charge in [0.1, 0.15) is 11.5 Å². The fourth-order valence-electron chi connectivity index (χ4n) is 1.43. The van der Waals surface area contributed by atoms with E-state index < -0.39 is 23.1 Å². The van der Waals surface area contributed by atoms with E-state index in [1.807, 2.05) is 0 Å². The third kappa shape index (κ3) is 2.59. The van der Waals surface area contributed by atoms with Crippen molar-refractivity contribution < 1.29 is 13.2 Å². The van der Waals surface area contributed by atoms with Gasteiger partial charge in [-0.15, -0.1) is 0 Å².